The van der Waals surface area contributed by atoms with Crippen molar-refractivity contribution >= 4 is 50.5 Å². The van der Waals surface area contributed by atoms with Crippen LogP contribution in [-0.4, -0.2) is 5.91 Å². The summed E-state index contributed by atoms with van der Waals surface area (Å²) in [7, 11) is 0. The number of hydrogen-bond acceptors (Lipinski definition) is 2. The number of halogens is 2. The van der Waals surface area contributed by atoms with Crippen molar-refractivity contribution in [3.05, 3.63) is 49.1 Å². The maximum atomic E-state index is 12.0. The summed E-state index contributed by atoms with van der Waals surface area (Å²) in [4.78, 5) is 12.5. The summed E-state index contributed by atoms with van der Waals surface area (Å²) < 4.78 is 1.06. The molecule has 2 aromatic rings. The van der Waals surface area contributed by atoms with E-state index in [-0.39, 0.29) is 5.91 Å². The molecule has 0 fully saturated rings. The van der Waals surface area contributed by atoms with Crippen molar-refractivity contribution in [3.8, 4) is 0 Å². The molecule has 1 N–H and O–H groups in total. The van der Waals surface area contributed by atoms with Crippen molar-refractivity contribution < 1.29 is 4.79 Å². The summed E-state index contributed by atoms with van der Waals surface area (Å²) >= 11 is 10.8. The number of thiophene rings is 1. The van der Waals surface area contributed by atoms with Gasteiger partial charge in [0.15, 0.2) is 0 Å². The van der Waals surface area contributed by atoms with Crippen molar-refractivity contribution in [2.24, 2.45) is 0 Å². The lowest BCUT2D eigenvalue weighted by atomic mass is 10.1. The molecule has 18 heavy (non-hydrogen) atoms. The van der Waals surface area contributed by atoms with Gasteiger partial charge in [0.1, 0.15) is 4.88 Å². The molecule has 0 saturated carbocycles. The van der Waals surface area contributed by atoms with Gasteiger partial charge in [0.2, 0.25) is 0 Å². The fourth-order valence-corrected chi connectivity index (χ4v) is 2.93. The zero-order valence-corrected chi connectivity index (χ0v) is 13.0. The summed E-state index contributed by atoms with van der Waals surface area (Å²) in [6, 6.07) is 5.58. The predicted molar refractivity (Wildman–Crippen MR) is 80.9 cm³/mol. The van der Waals surface area contributed by atoms with Gasteiger partial charge in [-0.1, -0.05) is 27.5 Å². The molecule has 0 unspecified atom stereocenters. The molecular formula is C13H11BrClNOS. The number of carbonyl (C=O) groups excluding carboxylic acids is 1. The van der Waals surface area contributed by atoms with Crippen LogP contribution < -0.4 is 5.32 Å². The molecule has 0 aliphatic carbocycles. The molecule has 94 valence electrons. The van der Waals surface area contributed by atoms with E-state index in [0.717, 1.165) is 21.3 Å². The number of amides is 1. The molecule has 0 saturated heterocycles. The van der Waals surface area contributed by atoms with Crippen LogP contribution in [0.5, 0.6) is 0 Å². The van der Waals surface area contributed by atoms with Crippen molar-refractivity contribution in [3.63, 3.8) is 0 Å². The highest BCUT2D eigenvalue weighted by Gasteiger charge is 2.12. The Morgan fingerprint density at radius 3 is 2.44 bits per heavy atom. The zero-order valence-electron chi connectivity index (χ0n) is 9.88. The standard InChI is InChI=1S/C13H11BrClNOS/c1-7-5-9(6-8(2)11(7)14)16-13(17)12-10(15)3-4-18-12/h3-6H,1-2H3,(H,16,17). The fourth-order valence-electron chi connectivity index (χ4n) is 1.66. The van der Waals surface area contributed by atoms with Gasteiger partial charge < -0.3 is 5.32 Å². The molecule has 1 aromatic heterocycles. The maximum Gasteiger partial charge on any atom is 0.267 e. The molecule has 0 bridgehead atoms. The summed E-state index contributed by atoms with van der Waals surface area (Å²) in [6.45, 7) is 3.98. The second-order valence-electron chi connectivity index (χ2n) is 3.98. The van der Waals surface area contributed by atoms with E-state index in [1.54, 1.807) is 11.4 Å². The third-order valence-corrected chi connectivity index (χ3v) is 5.11. The normalized spacial score (nSPS) is 10.4. The average Bonchev–Trinajstić information content (AvgIpc) is 2.72. The number of aryl methyl sites for hydroxylation is 2. The molecule has 2 nitrogen and oxygen atoms in total. The van der Waals surface area contributed by atoms with E-state index in [0.29, 0.717) is 9.90 Å². The van der Waals surface area contributed by atoms with Gasteiger partial charge in [-0.05, 0) is 48.6 Å². The van der Waals surface area contributed by atoms with Crippen LogP contribution in [0.3, 0.4) is 0 Å². The van der Waals surface area contributed by atoms with E-state index in [2.05, 4.69) is 21.2 Å². The van der Waals surface area contributed by atoms with E-state index >= 15 is 0 Å². The minimum absolute atomic E-state index is 0.170. The van der Waals surface area contributed by atoms with Gasteiger partial charge in [0, 0.05) is 10.2 Å². The minimum Gasteiger partial charge on any atom is -0.321 e. The number of hydrogen-bond donors (Lipinski definition) is 1. The zero-order chi connectivity index (χ0) is 13.3. The van der Waals surface area contributed by atoms with Gasteiger partial charge in [0.25, 0.3) is 5.91 Å². The number of carbonyl (C=O) groups is 1. The quantitative estimate of drug-likeness (QED) is 0.813. The second kappa shape index (κ2) is 5.43. The lowest BCUT2D eigenvalue weighted by molar-refractivity contribution is 0.103. The molecule has 1 aromatic carbocycles. The number of anilines is 1. The highest BCUT2D eigenvalue weighted by atomic mass is 79.9. The van der Waals surface area contributed by atoms with Crippen LogP contribution in [-0.2, 0) is 0 Å². The lowest BCUT2D eigenvalue weighted by Crippen LogP contribution is -2.11. The number of nitrogens with one attached hydrogen (secondary N) is 1. The van der Waals surface area contributed by atoms with Crippen LogP contribution in [0, 0.1) is 13.8 Å². The van der Waals surface area contributed by atoms with Gasteiger partial charge in [0.05, 0.1) is 5.02 Å². The third-order valence-electron chi connectivity index (χ3n) is 2.52. The molecule has 1 amide bonds. The number of benzene rings is 1. The third kappa shape index (κ3) is 2.76. The van der Waals surface area contributed by atoms with Gasteiger partial charge in [-0.15, -0.1) is 11.3 Å². The molecule has 0 aliphatic rings. The molecule has 0 radical (unpaired) electrons. The fraction of sp³-hybridized carbons (Fsp3) is 0.154. The van der Waals surface area contributed by atoms with Crippen molar-refractivity contribution in [1.29, 1.82) is 0 Å². The van der Waals surface area contributed by atoms with Crippen LogP contribution in [0.15, 0.2) is 28.1 Å². The van der Waals surface area contributed by atoms with Crippen molar-refractivity contribution in [1.82, 2.24) is 0 Å². The van der Waals surface area contributed by atoms with Crippen molar-refractivity contribution in [2.75, 3.05) is 5.32 Å². The SMILES string of the molecule is Cc1cc(NC(=O)c2sccc2Cl)cc(C)c1Br. The first-order valence-electron chi connectivity index (χ1n) is 5.30. The van der Waals surface area contributed by atoms with E-state index in [9.17, 15) is 4.79 Å². The molecule has 2 rings (SSSR count). The summed E-state index contributed by atoms with van der Waals surface area (Å²) in [6.07, 6.45) is 0. The minimum atomic E-state index is -0.170. The maximum absolute atomic E-state index is 12.0. The average molecular weight is 345 g/mol. The molecule has 0 aliphatic heterocycles. The topological polar surface area (TPSA) is 29.1 Å². The molecule has 0 spiro atoms. The Labute approximate surface area is 123 Å². The van der Waals surface area contributed by atoms with E-state index < -0.39 is 0 Å². The first kappa shape index (κ1) is 13.6. The Hall–Kier alpha value is -0.840. The van der Waals surface area contributed by atoms with Crippen LogP contribution in [0.1, 0.15) is 20.8 Å². The van der Waals surface area contributed by atoms with Gasteiger partial charge in [-0.2, -0.15) is 0 Å². The summed E-state index contributed by atoms with van der Waals surface area (Å²) in [5.41, 5.74) is 2.95. The van der Waals surface area contributed by atoms with Gasteiger partial charge >= 0.3 is 0 Å². The van der Waals surface area contributed by atoms with Crippen LogP contribution in [0.4, 0.5) is 5.69 Å². The molecule has 5 heteroatoms. The Morgan fingerprint density at radius 1 is 1.33 bits per heavy atom. The van der Waals surface area contributed by atoms with E-state index in [1.165, 1.54) is 11.3 Å². The first-order chi connectivity index (χ1) is 8.49. The van der Waals surface area contributed by atoms with E-state index in [1.807, 2.05) is 26.0 Å². The smallest absolute Gasteiger partial charge is 0.267 e. The Kier molecular flexibility index (Phi) is 4.10. The number of rotatable bonds is 2. The molecular weight excluding hydrogens is 334 g/mol. The van der Waals surface area contributed by atoms with Gasteiger partial charge in [-0.25, -0.2) is 0 Å². The summed E-state index contributed by atoms with van der Waals surface area (Å²) in [5, 5.41) is 5.15. The van der Waals surface area contributed by atoms with Crippen LogP contribution >= 0.6 is 38.9 Å². The van der Waals surface area contributed by atoms with Crippen molar-refractivity contribution in [2.45, 2.75) is 13.8 Å². The Morgan fingerprint density at radius 2 is 1.94 bits per heavy atom. The Balaban J connectivity index is 2.25. The molecule has 1 heterocycles. The largest absolute Gasteiger partial charge is 0.321 e. The van der Waals surface area contributed by atoms with Crippen LogP contribution in [0.25, 0.3) is 0 Å². The summed E-state index contributed by atoms with van der Waals surface area (Å²) in [5.74, 6) is -0.170. The predicted octanol–water partition coefficient (Wildman–Crippen LogP) is 5.03. The molecule has 0 atom stereocenters. The highest BCUT2D eigenvalue weighted by molar-refractivity contribution is 9.10. The first-order valence-corrected chi connectivity index (χ1v) is 7.35. The lowest BCUT2D eigenvalue weighted by Gasteiger charge is -2.09. The second-order valence-corrected chi connectivity index (χ2v) is 6.09. The van der Waals surface area contributed by atoms with Gasteiger partial charge in [-0.3, -0.25) is 4.79 Å². The van der Waals surface area contributed by atoms with E-state index in [4.69, 9.17) is 11.6 Å². The monoisotopic (exact) mass is 343 g/mol. The highest BCUT2D eigenvalue weighted by Crippen LogP contribution is 2.27. The van der Waals surface area contributed by atoms with Crippen LogP contribution in [0.2, 0.25) is 5.02 Å². The Bertz CT molecular complexity index is 586.